The van der Waals surface area contributed by atoms with Crippen LogP contribution in [0.15, 0.2) is 43.0 Å². The minimum absolute atomic E-state index is 0.289. The Kier molecular flexibility index (Phi) is 6.63. The first-order valence-corrected chi connectivity index (χ1v) is 10.0. The molecule has 1 aromatic rings. The molecule has 3 fully saturated rings. The van der Waals surface area contributed by atoms with Crippen molar-refractivity contribution in [1.82, 2.24) is 0 Å². The molecule has 0 aromatic heterocycles. The van der Waals surface area contributed by atoms with E-state index in [0.29, 0.717) is 32.9 Å². The first kappa shape index (κ1) is 20.9. The van der Waals surface area contributed by atoms with Crippen LogP contribution in [0.4, 0.5) is 0 Å². The van der Waals surface area contributed by atoms with E-state index in [9.17, 15) is 5.21 Å². The number of ether oxygens (including phenoxy) is 6. The van der Waals surface area contributed by atoms with Gasteiger partial charge >= 0.3 is 0 Å². The van der Waals surface area contributed by atoms with Crippen molar-refractivity contribution in [2.75, 3.05) is 46.6 Å². The number of quaternary nitrogens is 1. The second-order valence-electron chi connectivity index (χ2n) is 7.54. The Morgan fingerprint density at radius 3 is 2.66 bits per heavy atom. The molecule has 0 amide bonds. The molecule has 4 rings (SSSR count). The van der Waals surface area contributed by atoms with Crippen LogP contribution in [0, 0.1) is 5.21 Å². The van der Waals surface area contributed by atoms with E-state index in [1.807, 2.05) is 30.3 Å². The molecule has 3 saturated heterocycles. The van der Waals surface area contributed by atoms with Crippen molar-refractivity contribution >= 4 is 0 Å². The molecule has 0 N–H and O–H groups in total. The normalized spacial score (nSPS) is 36.9. The summed E-state index contributed by atoms with van der Waals surface area (Å²) in [5.41, 5.74) is 0.904. The molecular formula is C21H29NO7. The predicted octanol–water partition coefficient (Wildman–Crippen LogP) is 1.76. The highest BCUT2D eigenvalue weighted by molar-refractivity contribution is 5.16. The molecule has 0 radical (unpaired) electrons. The Bertz CT molecular complexity index is 666. The number of hydroxylamine groups is 3. The summed E-state index contributed by atoms with van der Waals surface area (Å²) in [7, 11) is 1.55. The predicted molar refractivity (Wildman–Crippen MR) is 104 cm³/mol. The molecule has 3 heterocycles. The fraction of sp³-hybridized carbons (Fsp3) is 0.619. The van der Waals surface area contributed by atoms with Gasteiger partial charge in [0.25, 0.3) is 0 Å². The quantitative estimate of drug-likeness (QED) is 0.404. The Morgan fingerprint density at radius 2 is 1.97 bits per heavy atom. The van der Waals surface area contributed by atoms with Crippen molar-refractivity contribution in [1.29, 1.82) is 0 Å². The summed E-state index contributed by atoms with van der Waals surface area (Å²) in [4.78, 5) is 0. The Labute approximate surface area is 171 Å². The van der Waals surface area contributed by atoms with Crippen LogP contribution >= 0.6 is 0 Å². The Hall–Kier alpha value is -1.36. The number of nitrogens with zero attached hydrogens (tertiary/aromatic N) is 1. The van der Waals surface area contributed by atoms with E-state index in [4.69, 9.17) is 28.4 Å². The van der Waals surface area contributed by atoms with Crippen LogP contribution in [0.2, 0.25) is 0 Å². The van der Waals surface area contributed by atoms with Gasteiger partial charge in [0.1, 0.15) is 31.3 Å². The molecular weight excluding hydrogens is 378 g/mol. The lowest BCUT2D eigenvalue weighted by atomic mass is 9.92. The molecule has 8 heteroatoms. The van der Waals surface area contributed by atoms with E-state index in [2.05, 4.69) is 6.58 Å². The minimum Gasteiger partial charge on any atom is -0.632 e. The zero-order valence-electron chi connectivity index (χ0n) is 16.7. The van der Waals surface area contributed by atoms with E-state index in [-0.39, 0.29) is 6.61 Å². The van der Waals surface area contributed by atoms with Crippen molar-refractivity contribution < 1.29 is 33.1 Å². The average Bonchev–Trinajstić information content (AvgIpc) is 2.77. The zero-order valence-corrected chi connectivity index (χ0v) is 16.7. The van der Waals surface area contributed by atoms with Crippen LogP contribution in [0.1, 0.15) is 11.9 Å². The van der Waals surface area contributed by atoms with Gasteiger partial charge in [-0.15, -0.1) is 6.58 Å². The highest BCUT2D eigenvalue weighted by Gasteiger charge is 2.57. The van der Waals surface area contributed by atoms with E-state index in [1.165, 1.54) is 0 Å². The summed E-state index contributed by atoms with van der Waals surface area (Å²) in [5.74, 6) is 0. The zero-order chi connectivity index (χ0) is 20.3. The highest BCUT2D eigenvalue weighted by Crippen LogP contribution is 2.39. The molecule has 0 spiro atoms. The van der Waals surface area contributed by atoms with Crippen LogP contribution in [0.5, 0.6) is 0 Å². The molecule has 3 aliphatic heterocycles. The van der Waals surface area contributed by atoms with Crippen molar-refractivity contribution in [2.24, 2.45) is 0 Å². The van der Waals surface area contributed by atoms with Crippen LogP contribution < -0.4 is 0 Å². The third-order valence-electron chi connectivity index (χ3n) is 5.79. The first-order chi connectivity index (χ1) is 14.2. The van der Waals surface area contributed by atoms with Gasteiger partial charge in [-0.05, 0) is 0 Å². The van der Waals surface area contributed by atoms with Gasteiger partial charge in [-0.2, -0.15) is 0 Å². The number of morpholine rings is 1. The van der Waals surface area contributed by atoms with Gasteiger partial charge in [-0.25, -0.2) is 0 Å². The van der Waals surface area contributed by atoms with Gasteiger partial charge < -0.3 is 38.3 Å². The maximum absolute atomic E-state index is 13.9. The van der Waals surface area contributed by atoms with Crippen LogP contribution in [-0.4, -0.2) is 81.9 Å². The van der Waals surface area contributed by atoms with E-state index < -0.39 is 41.6 Å². The van der Waals surface area contributed by atoms with Crippen molar-refractivity contribution in [3.8, 4) is 0 Å². The summed E-state index contributed by atoms with van der Waals surface area (Å²) in [6, 6.07) is 9.17. The summed E-state index contributed by atoms with van der Waals surface area (Å²) < 4.78 is 34.9. The fourth-order valence-electron chi connectivity index (χ4n) is 4.38. The summed E-state index contributed by atoms with van der Waals surface area (Å²) >= 11 is 0. The monoisotopic (exact) mass is 407 g/mol. The van der Waals surface area contributed by atoms with Gasteiger partial charge in [0.2, 0.25) is 0 Å². The first-order valence-electron chi connectivity index (χ1n) is 10.0. The van der Waals surface area contributed by atoms with Crippen LogP contribution in [0.3, 0.4) is 0 Å². The summed E-state index contributed by atoms with van der Waals surface area (Å²) in [5, 5.41) is 13.9. The van der Waals surface area contributed by atoms with Crippen molar-refractivity contribution in [2.45, 2.75) is 36.9 Å². The SMILES string of the molecule is C=CCO[C@@H]1[C@@H](OC)O[C@@H]2COC(c3ccccc3)O[C@H]2[C@H]1[N+]1([O-])CCOCC1. The molecule has 8 nitrogen and oxygen atoms in total. The second-order valence-corrected chi connectivity index (χ2v) is 7.54. The highest BCUT2D eigenvalue weighted by atomic mass is 16.8. The number of fused-ring (bicyclic) bond motifs is 1. The fourth-order valence-corrected chi connectivity index (χ4v) is 4.38. The topological polar surface area (TPSA) is 78.4 Å². The third-order valence-corrected chi connectivity index (χ3v) is 5.79. The lowest BCUT2D eigenvalue weighted by Crippen LogP contribution is -2.74. The summed E-state index contributed by atoms with van der Waals surface area (Å²) in [6.45, 7) is 5.80. The standard InChI is InChI=1S/C21H29NO7/c1-3-11-26-19-17(22(23)9-12-25-13-10-22)18-16(28-21(19)24-2)14-27-20(29-18)15-7-5-4-6-8-15/h3-8,16-21H,1,9-14H2,2H3/t16-,17-,18-,19+,20?,21+/m1/s1. The maximum atomic E-state index is 13.9. The molecule has 0 saturated carbocycles. The Balaban J connectivity index is 1.65. The van der Waals surface area contributed by atoms with Crippen LogP contribution in [0.25, 0.3) is 0 Å². The lowest BCUT2D eigenvalue weighted by molar-refractivity contribution is -0.924. The number of methoxy groups -OCH3 is 1. The van der Waals surface area contributed by atoms with Gasteiger partial charge in [0.15, 0.2) is 18.7 Å². The van der Waals surface area contributed by atoms with E-state index in [1.54, 1.807) is 13.2 Å². The molecule has 1 aromatic carbocycles. The molecule has 160 valence electrons. The number of hydrogen-bond donors (Lipinski definition) is 0. The minimum atomic E-state index is -0.687. The molecule has 0 bridgehead atoms. The molecule has 3 aliphatic rings. The van der Waals surface area contributed by atoms with Gasteiger partial charge in [0, 0.05) is 12.7 Å². The van der Waals surface area contributed by atoms with Gasteiger partial charge in [0.05, 0.1) is 26.4 Å². The van der Waals surface area contributed by atoms with Crippen molar-refractivity contribution in [3.63, 3.8) is 0 Å². The average molecular weight is 407 g/mol. The van der Waals surface area contributed by atoms with Gasteiger partial charge in [-0.1, -0.05) is 36.4 Å². The van der Waals surface area contributed by atoms with E-state index >= 15 is 0 Å². The molecule has 29 heavy (non-hydrogen) atoms. The molecule has 0 aliphatic carbocycles. The van der Waals surface area contributed by atoms with E-state index in [0.717, 1.165) is 5.56 Å². The van der Waals surface area contributed by atoms with Gasteiger partial charge in [-0.3, -0.25) is 0 Å². The number of benzene rings is 1. The molecule has 6 atom stereocenters. The maximum Gasteiger partial charge on any atom is 0.189 e. The smallest absolute Gasteiger partial charge is 0.189 e. The van der Waals surface area contributed by atoms with Crippen molar-refractivity contribution in [3.05, 3.63) is 53.8 Å². The third kappa shape index (κ3) is 4.26. The number of hydrogen-bond acceptors (Lipinski definition) is 7. The Morgan fingerprint density at radius 1 is 1.21 bits per heavy atom. The lowest BCUT2D eigenvalue weighted by Gasteiger charge is -2.59. The summed E-state index contributed by atoms with van der Waals surface area (Å²) in [6.07, 6.45) is -1.10. The largest absolute Gasteiger partial charge is 0.632 e. The molecule has 1 unspecified atom stereocenters. The number of rotatable bonds is 6. The van der Waals surface area contributed by atoms with Crippen LogP contribution in [-0.2, 0) is 28.4 Å². The second kappa shape index (κ2) is 9.20.